The molecule has 3 aromatic carbocycles. The Labute approximate surface area is 193 Å². The van der Waals surface area contributed by atoms with Gasteiger partial charge >= 0.3 is 0 Å². The highest BCUT2D eigenvalue weighted by molar-refractivity contribution is 7.21. The second-order valence-corrected chi connectivity index (χ2v) is 8.37. The molecule has 0 radical (unpaired) electrons. The van der Waals surface area contributed by atoms with Gasteiger partial charge in [0, 0.05) is 21.3 Å². The van der Waals surface area contributed by atoms with Crippen LogP contribution < -0.4 is 16.2 Å². The lowest BCUT2D eigenvalue weighted by atomic mass is 10.1. The minimum absolute atomic E-state index is 0.159. The highest BCUT2D eigenvalue weighted by Crippen LogP contribution is 2.35. The number of hydrogen-bond donors (Lipinski definition) is 3. The quantitative estimate of drug-likeness (QED) is 0.371. The van der Waals surface area contributed by atoms with E-state index in [1.807, 2.05) is 54.6 Å². The molecule has 4 aromatic rings. The van der Waals surface area contributed by atoms with E-state index in [4.69, 9.17) is 11.6 Å². The van der Waals surface area contributed by atoms with Gasteiger partial charge in [-0.05, 0) is 35.9 Å². The smallest absolute Gasteiger partial charge is 0.269 e. The first kappa shape index (κ1) is 21.5. The molecule has 1 heterocycles. The second-order valence-electron chi connectivity index (χ2n) is 6.94. The molecule has 0 aliphatic carbocycles. The van der Waals surface area contributed by atoms with E-state index in [0.717, 1.165) is 15.6 Å². The maximum Gasteiger partial charge on any atom is 0.269 e. The van der Waals surface area contributed by atoms with Gasteiger partial charge in [-0.15, -0.1) is 11.3 Å². The highest BCUT2D eigenvalue weighted by Gasteiger charge is 2.17. The summed E-state index contributed by atoms with van der Waals surface area (Å²) >= 11 is 7.68. The van der Waals surface area contributed by atoms with Crippen LogP contribution in [0.4, 0.5) is 5.69 Å². The third-order valence-corrected chi connectivity index (χ3v) is 6.34. The van der Waals surface area contributed by atoms with Crippen LogP contribution in [-0.2, 0) is 11.2 Å². The van der Waals surface area contributed by atoms with Gasteiger partial charge in [0.05, 0.1) is 11.4 Å². The molecular weight excluding hydrogens is 446 g/mol. The van der Waals surface area contributed by atoms with Gasteiger partial charge in [0.2, 0.25) is 5.91 Å². The Hall–Kier alpha value is -3.68. The van der Waals surface area contributed by atoms with Crippen molar-refractivity contribution in [3.05, 3.63) is 99.9 Å². The van der Waals surface area contributed by atoms with Crippen LogP contribution in [0.25, 0.3) is 10.1 Å². The number of carbonyl (C=O) groups excluding carboxylic acids is 3. The maximum atomic E-state index is 12.6. The number of thiophene rings is 1. The first-order valence-electron chi connectivity index (χ1n) is 9.73. The van der Waals surface area contributed by atoms with E-state index in [1.54, 1.807) is 24.3 Å². The molecule has 0 aliphatic rings. The molecule has 0 atom stereocenters. The number of hydrazine groups is 1. The van der Waals surface area contributed by atoms with Crippen LogP contribution in [0.3, 0.4) is 0 Å². The van der Waals surface area contributed by atoms with Gasteiger partial charge in [0.15, 0.2) is 0 Å². The van der Waals surface area contributed by atoms with Crippen molar-refractivity contribution in [1.29, 1.82) is 0 Å². The van der Waals surface area contributed by atoms with Crippen molar-refractivity contribution in [3.63, 3.8) is 0 Å². The van der Waals surface area contributed by atoms with E-state index in [1.165, 1.54) is 11.3 Å². The summed E-state index contributed by atoms with van der Waals surface area (Å²) in [6, 6.07) is 23.1. The minimum atomic E-state index is -0.461. The summed E-state index contributed by atoms with van der Waals surface area (Å²) in [5, 5.41) is 4.05. The fraction of sp³-hybridized carbons (Fsp3) is 0.0417. The highest BCUT2D eigenvalue weighted by atomic mass is 35.5. The van der Waals surface area contributed by atoms with Crippen molar-refractivity contribution in [2.75, 3.05) is 5.32 Å². The van der Waals surface area contributed by atoms with Crippen LogP contribution >= 0.6 is 22.9 Å². The molecule has 8 heteroatoms. The van der Waals surface area contributed by atoms with Crippen LogP contribution in [0.15, 0.2) is 78.9 Å². The molecule has 0 unspecified atom stereocenters. The molecule has 0 saturated heterocycles. The second kappa shape index (κ2) is 9.64. The molecule has 0 bridgehead atoms. The van der Waals surface area contributed by atoms with Gasteiger partial charge in [-0.2, -0.15) is 0 Å². The van der Waals surface area contributed by atoms with Crippen LogP contribution in [-0.4, -0.2) is 17.7 Å². The van der Waals surface area contributed by atoms with Crippen LogP contribution in [0.5, 0.6) is 0 Å². The fourth-order valence-electron chi connectivity index (χ4n) is 3.08. The molecule has 0 saturated carbocycles. The van der Waals surface area contributed by atoms with Crippen molar-refractivity contribution in [2.24, 2.45) is 0 Å². The Kier molecular flexibility index (Phi) is 6.49. The third-order valence-electron chi connectivity index (χ3n) is 4.67. The van der Waals surface area contributed by atoms with E-state index in [2.05, 4.69) is 16.2 Å². The average Bonchev–Trinajstić information content (AvgIpc) is 3.15. The Morgan fingerprint density at radius 1 is 0.781 bits per heavy atom. The molecular formula is C24H18ClN3O3S. The summed E-state index contributed by atoms with van der Waals surface area (Å²) in [5.41, 5.74) is 6.48. The largest absolute Gasteiger partial charge is 0.321 e. The van der Waals surface area contributed by atoms with Crippen molar-refractivity contribution in [1.82, 2.24) is 10.9 Å². The van der Waals surface area contributed by atoms with Gasteiger partial charge in [0.25, 0.3) is 11.8 Å². The predicted molar refractivity (Wildman–Crippen MR) is 127 cm³/mol. The van der Waals surface area contributed by atoms with Gasteiger partial charge in [0.1, 0.15) is 4.88 Å². The Morgan fingerprint density at radius 3 is 2.19 bits per heavy atom. The van der Waals surface area contributed by atoms with Crippen molar-refractivity contribution in [2.45, 2.75) is 6.42 Å². The number of nitrogens with one attached hydrogen (secondary N) is 3. The Morgan fingerprint density at radius 2 is 1.47 bits per heavy atom. The molecule has 3 amide bonds. The molecule has 6 nitrogen and oxygen atoms in total. The number of hydrogen-bond acceptors (Lipinski definition) is 4. The van der Waals surface area contributed by atoms with E-state index in [0.29, 0.717) is 21.2 Å². The standard InChI is InChI=1S/C24H18ClN3O3S/c25-21-18-8-4-5-9-19(18)32-22(21)24(31)26-17-12-10-16(11-13-17)23(30)28-27-20(29)14-15-6-2-1-3-7-15/h1-13H,14H2,(H,26,31)(H,27,29)(H,28,30). The van der Waals surface area contributed by atoms with Crippen LogP contribution in [0.2, 0.25) is 5.02 Å². The maximum absolute atomic E-state index is 12.6. The predicted octanol–water partition coefficient (Wildman–Crippen LogP) is 4.81. The Balaban J connectivity index is 1.34. The third kappa shape index (κ3) is 4.96. The van der Waals surface area contributed by atoms with Crippen LogP contribution in [0.1, 0.15) is 25.6 Å². The molecule has 3 N–H and O–H groups in total. The number of fused-ring (bicyclic) bond motifs is 1. The van der Waals surface area contributed by atoms with E-state index in [-0.39, 0.29) is 18.2 Å². The topological polar surface area (TPSA) is 87.3 Å². The van der Waals surface area contributed by atoms with Crippen molar-refractivity contribution >= 4 is 56.4 Å². The van der Waals surface area contributed by atoms with E-state index < -0.39 is 5.91 Å². The number of benzene rings is 3. The molecule has 1 aromatic heterocycles. The number of carbonyl (C=O) groups is 3. The zero-order valence-corrected chi connectivity index (χ0v) is 18.3. The van der Waals surface area contributed by atoms with Gasteiger partial charge < -0.3 is 5.32 Å². The summed E-state index contributed by atoms with van der Waals surface area (Å²) in [6.45, 7) is 0. The number of rotatable bonds is 5. The zero-order valence-electron chi connectivity index (χ0n) is 16.7. The number of amides is 3. The first-order valence-corrected chi connectivity index (χ1v) is 10.9. The lowest BCUT2D eigenvalue weighted by Gasteiger charge is -2.09. The zero-order chi connectivity index (χ0) is 22.5. The molecule has 160 valence electrons. The number of anilines is 1. The number of halogens is 1. The summed E-state index contributed by atoms with van der Waals surface area (Å²) in [5.74, 6) is -1.10. The van der Waals surface area contributed by atoms with Crippen molar-refractivity contribution in [3.8, 4) is 0 Å². The molecule has 0 spiro atoms. The summed E-state index contributed by atoms with van der Waals surface area (Å²) < 4.78 is 0.934. The van der Waals surface area contributed by atoms with Crippen molar-refractivity contribution < 1.29 is 14.4 Å². The lowest BCUT2D eigenvalue weighted by Crippen LogP contribution is -2.42. The van der Waals surface area contributed by atoms with E-state index >= 15 is 0 Å². The average molecular weight is 464 g/mol. The molecule has 0 aliphatic heterocycles. The van der Waals surface area contributed by atoms with Gasteiger partial charge in [-0.3, -0.25) is 25.2 Å². The van der Waals surface area contributed by atoms with E-state index in [9.17, 15) is 14.4 Å². The van der Waals surface area contributed by atoms with Gasteiger partial charge in [-0.1, -0.05) is 60.1 Å². The monoisotopic (exact) mass is 463 g/mol. The fourth-order valence-corrected chi connectivity index (χ4v) is 4.49. The lowest BCUT2D eigenvalue weighted by molar-refractivity contribution is -0.121. The summed E-state index contributed by atoms with van der Waals surface area (Å²) in [4.78, 5) is 37.3. The minimum Gasteiger partial charge on any atom is -0.321 e. The van der Waals surface area contributed by atoms with Crippen LogP contribution in [0, 0.1) is 0 Å². The SMILES string of the molecule is O=C(Cc1ccccc1)NNC(=O)c1ccc(NC(=O)c2sc3ccccc3c2Cl)cc1. The molecule has 4 rings (SSSR count). The molecule has 32 heavy (non-hydrogen) atoms. The normalized spacial score (nSPS) is 10.5. The first-order chi connectivity index (χ1) is 15.5. The Bertz CT molecular complexity index is 1290. The van der Waals surface area contributed by atoms with Gasteiger partial charge in [-0.25, -0.2) is 0 Å². The summed E-state index contributed by atoms with van der Waals surface area (Å²) in [7, 11) is 0. The summed E-state index contributed by atoms with van der Waals surface area (Å²) in [6.07, 6.45) is 0.159. The molecule has 0 fully saturated rings.